The highest BCUT2D eigenvalue weighted by atomic mass is 16.5. The van der Waals surface area contributed by atoms with Crippen LogP contribution in [0.5, 0.6) is 0 Å². The van der Waals surface area contributed by atoms with Gasteiger partial charge in [-0.25, -0.2) is 0 Å². The highest BCUT2D eigenvalue weighted by Crippen LogP contribution is 1.93. The van der Waals surface area contributed by atoms with Crippen molar-refractivity contribution in [2.45, 2.75) is 39.5 Å². The number of hydrogen-bond donors (Lipinski definition) is 1. The molecule has 0 spiro atoms. The number of unbranched alkanes of at least 4 members (excludes halogenated alkanes) is 2. The Labute approximate surface area is 94.5 Å². The normalized spacial score (nSPS) is 10.8. The summed E-state index contributed by atoms with van der Waals surface area (Å²) in [7, 11) is 0. The van der Waals surface area contributed by atoms with Gasteiger partial charge in [0.15, 0.2) is 0 Å². The first-order valence-electron chi connectivity index (χ1n) is 6.28. The van der Waals surface area contributed by atoms with Gasteiger partial charge in [0.2, 0.25) is 0 Å². The monoisotopic (exact) mass is 217 g/mol. The molecule has 0 bridgehead atoms. The predicted octanol–water partition coefficient (Wildman–Crippen LogP) is 2.21. The first-order valence-corrected chi connectivity index (χ1v) is 6.28. The van der Waals surface area contributed by atoms with Crippen LogP contribution in [-0.2, 0) is 9.47 Å². The fraction of sp³-hybridized carbons (Fsp3) is 1.00. The summed E-state index contributed by atoms with van der Waals surface area (Å²) in [5.74, 6) is 0. The number of hydrogen-bond acceptors (Lipinski definition) is 3. The predicted molar refractivity (Wildman–Crippen MR) is 64.3 cm³/mol. The van der Waals surface area contributed by atoms with E-state index in [9.17, 15) is 0 Å². The maximum absolute atomic E-state index is 5.47. The van der Waals surface area contributed by atoms with E-state index in [4.69, 9.17) is 9.47 Å². The molecule has 15 heavy (non-hydrogen) atoms. The average Bonchev–Trinajstić information content (AvgIpc) is 2.26. The van der Waals surface area contributed by atoms with Gasteiger partial charge >= 0.3 is 0 Å². The van der Waals surface area contributed by atoms with E-state index >= 15 is 0 Å². The minimum Gasteiger partial charge on any atom is -0.382 e. The minimum atomic E-state index is 0.820. The van der Waals surface area contributed by atoms with Crippen LogP contribution in [0, 0.1) is 0 Å². The van der Waals surface area contributed by atoms with Crippen molar-refractivity contribution in [3.63, 3.8) is 0 Å². The zero-order chi connectivity index (χ0) is 11.2. The van der Waals surface area contributed by atoms with Crippen molar-refractivity contribution in [1.82, 2.24) is 5.32 Å². The van der Waals surface area contributed by atoms with E-state index in [0.717, 1.165) is 45.9 Å². The summed E-state index contributed by atoms with van der Waals surface area (Å²) in [6, 6.07) is 0. The molecule has 0 amide bonds. The number of rotatable bonds is 12. The van der Waals surface area contributed by atoms with Crippen LogP contribution in [0.25, 0.3) is 0 Å². The molecule has 0 fully saturated rings. The van der Waals surface area contributed by atoms with Gasteiger partial charge in [-0.2, -0.15) is 0 Å². The van der Waals surface area contributed by atoms with Crippen molar-refractivity contribution < 1.29 is 9.47 Å². The van der Waals surface area contributed by atoms with Crippen LogP contribution in [0.15, 0.2) is 0 Å². The summed E-state index contributed by atoms with van der Waals surface area (Å²) in [5.41, 5.74) is 0. The molecule has 0 aromatic heterocycles. The Morgan fingerprint density at radius 2 is 1.60 bits per heavy atom. The Morgan fingerprint density at radius 1 is 0.800 bits per heavy atom. The van der Waals surface area contributed by atoms with Gasteiger partial charge in [0, 0.05) is 26.4 Å². The first kappa shape index (κ1) is 14.9. The van der Waals surface area contributed by atoms with Crippen LogP contribution in [0.4, 0.5) is 0 Å². The Kier molecular flexibility index (Phi) is 13.8. The molecule has 0 aromatic carbocycles. The molecule has 0 aliphatic heterocycles. The quantitative estimate of drug-likeness (QED) is 0.508. The van der Waals surface area contributed by atoms with Crippen molar-refractivity contribution in [2.75, 3.05) is 39.5 Å². The van der Waals surface area contributed by atoms with Crippen molar-refractivity contribution >= 4 is 0 Å². The number of ether oxygens (including phenoxy) is 2. The highest BCUT2D eigenvalue weighted by Gasteiger charge is 1.90. The second kappa shape index (κ2) is 13.9. The van der Waals surface area contributed by atoms with Crippen LogP contribution < -0.4 is 5.32 Å². The molecule has 0 aliphatic carbocycles. The Hall–Kier alpha value is -0.120. The Balaban J connectivity index is 2.81. The molecule has 0 atom stereocenters. The summed E-state index contributed by atoms with van der Waals surface area (Å²) in [5, 5.41) is 3.33. The summed E-state index contributed by atoms with van der Waals surface area (Å²) in [6.45, 7) is 9.64. The smallest absolute Gasteiger partial charge is 0.0590 e. The molecule has 0 radical (unpaired) electrons. The van der Waals surface area contributed by atoms with Gasteiger partial charge in [-0.3, -0.25) is 0 Å². The number of nitrogens with one attached hydrogen (secondary N) is 1. The highest BCUT2D eigenvalue weighted by molar-refractivity contribution is 4.46. The Morgan fingerprint density at radius 3 is 2.33 bits per heavy atom. The fourth-order valence-electron chi connectivity index (χ4n) is 1.27. The van der Waals surface area contributed by atoms with Gasteiger partial charge in [0.1, 0.15) is 0 Å². The maximum atomic E-state index is 5.47. The van der Waals surface area contributed by atoms with Crippen molar-refractivity contribution in [1.29, 1.82) is 0 Å². The van der Waals surface area contributed by atoms with E-state index in [-0.39, 0.29) is 0 Å². The molecule has 0 saturated carbocycles. The minimum absolute atomic E-state index is 0.820. The van der Waals surface area contributed by atoms with E-state index in [1.807, 2.05) is 6.92 Å². The van der Waals surface area contributed by atoms with Gasteiger partial charge in [-0.05, 0) is 26.3 Å². The molecule has 0 heterocycles. The third kappa shape index (κ3) is 13.9. The second-order valence-corrected chi connectivity index (χ2v) is 3.62. The molecule has 0 rings (SSSR count). The summed E-state index contributed by atoms with van der Waals surface area (Å²) >= 11 is 0. The maximum Gasteiger partial charge on any atom is 0.0590 e. The molecule has 3 nitrogen and oxygen atoms in total. The molecule has 0 aliphatic rings. The fourth-order valence-corrected chi connectivity index (χ4v) is 1.27. The Bertz CT molecular complexity index is 97.8. The third-order valence-corrected chi connectivity index (χ3v) is 2.16. The summed E-state index contributed by atoms with van der Waals surface area (Å²) in [6.07, 6.45) is 4.82. The van der Waals surface area contributed by atoms with Gasteiger partial charge in [-0.15, -0.1) is 0 Å². The topological polar surface area (TPSA) is 30.5 Å². The molecule has 0 unspecified atom stereocenters. The van der Waals surface area contributed by atoms with E-state index in [2.05, 4.69) is 12.2 Å². The van der Waals surface area contributed by atoms with Crippen molar-refractivity contribution in [3.8, 4) is 0 Å². The lowest BCUT2D eigenvalue weighted by Crippen LogP contribution is -2.22. The molecule has 0 saturated heterocycles. The van der Waals surface area contributed by atoms with Crippen LogP contribution in [0.3, 0.4) is 0 Å². The first-order chi connectivity index (χ1) is 7.41. The van der Waals surface area contributed by atoms with Crippen LogP contribution in [0.2, 0.25) is 0 Å². The molecule has 0 aromatic rings. The van der Waals surface area contributed by atoms with E-state index in [1.54, 1.807) is 0 Å². The molecular weight excluding hydrogens is 190 g/mol. The SMILES string of the molecule is CCCCCOCCNCCCOCC. The van der Waals surface area contributed by atoms with Gasteiger partial charge < -0.3 is 14.8 Å². The zero-order valence-corrected chi connectivity index (χ0v) is 10.4. The summed E-state index contributed by atoms with van der Waals surface area (Å²) < 4.78 is 10.7. The lowest BCUT2D eigenvalue weighted by molar-refractivity contribution is 0.128. The molecule has 3 heteroatoms. The summed E-state index contributed by atoms with van der Waals surface area (Å²) in [4.78, 5) is 0. The lowest BCUT2D eigenvalue weighted by Gasteiger charge is -2.06. The molecule has 92 valence electrons. The standard InChI is InChI=1S/C12H27NO2/c1-3-5-6-10-15-12-9-13-8-7-11-14-4-2/h13H,3-12H2,1-2H3. The lowest BCUT2D eigenvalue weighted by atomic mass is 10.3. The van der Waals surface area contributed by atoms with Gasteiger partial charge in [0.05, 0.1) is 6.61 Å². The van der Waals surface area contributed by atoms with Crippen LogP contribution in [0.1, 0.15) is 39.5 Å². The van der Waals surface area contributed by atoms with E-state index < -0.39 is 0 Å². The molecule has 1 N–H and O–H groups in total. The molecular formula is C12H27NO2. The van der Waals surface area contributed by atoms with E-state index in [0.29, 0.717) is 0 Å². The van der Waals surface area contributed by atoms with E-state index in [1.165, 1.54) is 19.3 Å². The van der Waals surface area contributed by atoms with Crippen LogP contribution in [-0.4, -0.2) is 39.5 Å². The van der Waals surface area contributed by atoms with Gasteiger partial charge in [0.25, 0.3) is 0 Å². The van der Waals surface area contributed by atoms with Crippen molar-refractivity contribution in [2.24, 2.45) is 0 Å². The zero-order valence-electron chi connectivity index (χ0n) is 10.4. The largest absolute Gasteiger partial charge is 0.382 e. The van der Waals surface area contributed by atoms with Crippen molar-refractivity contribution in [3.05, 3.63) is 0 Å². The van der Waals surface area contributed by atoms with Gasteiger partial charge in [-0.1, -0.05) is 19.8 Å². The van der Waals surface area contributed by atoms with Crippen LogP contribution >= 0.6 is 0 Å². The average molecular weight is 217 g/mol. The second-order valence-electron chi connectivity index (χ2n) is 3.62. The third-order valence-electron chi connectivity index (χ3n) is 2.16.